The Hall–Kier alpha value is -2.63. The second-order valence-electron chi connectivity index (χ2n) is 4.91. The van der Waals surface area contributed by atoms with E-state index in [1.54, 1.807) is 10.8 Å². The molecule has 6 nitrogen and oxygen atoms in total. The maximum Gasteiger partial charge on any atom is 0.331 e. The maximum absolute atomic E-state index is 12.3. The highest BCUT2D eigenvalue weighted by molar-refractivity contribution is 5.39. The van der Waals surface area contributed by atoms with Crippen LogP contribution in [0.5, 0.6) is 0 Å². The van der Waals surface area contributed by atoms with E-state index in [2.05, 4.69) is 4.98 Å². The number of fused-ring (bicyclic) bond motifs is 1. The SMILES string of the molecule is CCCn1ccc(=O)n(Cc2cn3ccccc3n2)c1=O. The van der Waals surface area contributed by atoms with Crippen LogP contribution in [0.3, 0.4) is 0 Å². The van der Waals surface area contributed by atoms with E-state index < -0.39 is 0 Å². The minimum Gasteiger partial charge on any atom is -0.307 e. The molecule has 3 aromatic rings. The van der Waals surface area contributed by atoms with E-state index in [-0.39, 0.29) is 17.8 Å². The molecule has 0 unspecified atom stereocenters. The van der Waals surface area contributed by atoms with Crippen LogP contribution in [0, 0.1) is 0 Å². The molecule has 21 heavy (non-hydrogen) atoms. The molecule has 3 aromatic heterocycles. The Bertz CT molecular complexity index is 855. The van der Waals surface area contributed by atoms with E-state index in [1.807, 2.05) is 41.9 Å². The van der Waals surface area contributed by atoms with Crippen molar-refractivity contribution in [2.75, 3.05) is 0 Å². The fourth-order valence-corrected chi connectivity index (χ4v) is 2.34. The van der Waals surface area contributed by atoms with Crippen LogP contribution in [-0.2, 0) is 13.1 Å². The van der Waals surface area contributed by atoms with Gasteiger partial charge in [-0.25, -0.2) is 9.78 Å². The van der Waals surface area contributed by atoms with E-state index in [9.17, 15) is 9.59 Å². The Balaban J connectivity index is 2.03. The fraction of sp³-hybridized carbons (Fsp3) is 0.267. The average Bonchev–Trinajstić information content (AvgIpc) is 2.89. The van der Waals surface area contributed by atoms with Gasteiger partial charge in [-0.05, 0) is 18.6 Å². The molecule has 0 spiro atoms. The van der Waals surface area contributed by atoms with Crippen molar-refractivity contribution in [2.45, 2.75) is 26.4 Å². The molecule has 108 valence electrons. The minimum absolute atomic E-state index is 0.184. The second kappa shape index (κ2) is 5.40. The molecule has 0 N–H and O–H groups in total. The van der Waals surface area contributed by atoms with Crippen LogP contribution in [0.25, 0.3) is 5.65 Å². The van der Waals surface area contributed by atoms with Gasteiger partial charge in [-0.15, -0.1) is 0 Å². The summed E-state index contributed by atoms with van der Waals surface area (Å²) in [7, 11) is 0. The Labute approximate surface area is 120 Å². The molecule has 0 fully saturated rings. The lowest BCUT2D eigenvalue weighted by molar-refractivity contribution is 0.568. The molecule has 0 radical (unpaired) electrons. The normalized spacial score (nSPS) is 11.1. The first-order chi connectivity index (χ1) is 10.2. The van der Waals surface area contributed by atoms with Gasteiger partial charge in [0.15, 0.2) is 0 Å². The molecule has 0 bridgehead atoms. The highest BCUT2D eigenvalue weighted by Crippen LogP contribution is 2.04. The first kappa shape index (κ1) is 13.4. The number of hydrogen-bond acceptors (Lipinski definition) is 3. The zero-order valence-corrected chi connectivity index (χ0v) is 11.8. The number of nitrogens with zero attached hydrogens (tertiary/aromatic N) is 4. The van der Waals surface area contributed by atoms with Crippen LogP contribution < -0.4 is 11.2 Å². The summed E-state index contributed by atoms with van der Waals surface area (Å²) in [5.74, 6) is 0. The highest BCUT2D eigenvalue weighted by Gasteiger charge is 2.08. The zero-order valence-electron chi connectivity index (χ0n) is 11.8. The number of aryl methyl sites for hydroxylation is 1. The van der Waals surface area contributed by atoms with Crippen molar-refractivity contribution < 1.29 is 0 Å². The third kappa shape index (κ3) is 2.52. The molecule has 0 aliphatic carbocycles. The molecule has 3 heterocycles. The minimum atomic E-state index is -0.301. The molecule has 0 aliphatic heterocycles. The first-order valence-corrected chi connectivity index (χ1v) is 6.92. The van der Waals surface area contributed by atoms with Crippen molar-refractivity contribution in [1.82, 2.24) is 18.5 Å². The Morgan fingerprint density at radius 3 is 2.76 bits per heavy atom. The van der Waals surface area contributed by atoms with E-state index in [0.717, 1.165) is 12.1 Å². The quantitative estimate of drug-likeness (QED) is 0.721. The molecule has 0 amide bonds. The summed E-state index contributed by atoms with van der Waals surface area (Å²) in [5.41, 5.74) is 0.894. The smallest absolute Gasteiger partial charge is 0.307 e. The summed E-state index contributed by atoms with van der Waals surface area (Å²) in [5, 5.41) is 0. The van der Waals surface area contributed by atoms with Crippen LogP contribution in [0.4, 0.5) is 0 Å². The fourth-order valence-electron chi connectivity index (χ4n) is 2.34. The van der Waals surface area contributed by atoms with Gasteiger partial charge in [0, 0.05) is 31.2 Å². The number of aromatic nitrogens is 4. The van der Waals surface area contributed by atoms with Crippen molar-refractivity contribution >= 4 is 5.65 Å². The van der Waals surface area contributed by atoms with E-state index in [1.165, 1.54) is 10.6 Å². The van der Waals surface area contributed by atoms with Crippen LogP contribution in [0.1, 0.15) is 19.0 Å². The van der Waals surface area contributed by atoms with Gasteiger partial charge in [-0.3, -0.25) is 9.36 Å². The second-order valence-corrected chi connectivity index (χ2v) is 4.91. The zero-order chi connectivity index (χ0) is 14.8. The molecule has 3 rings (SSSR count). The van der Waals surface area contributed by atoms with Crippen LogP contribution in [0.2, 0.25) is 0 Å². The van der Waals surface area contributed by atoms with E-state index in [0.29, 0.717) is 12.2 Å². The van der Waals surface area contributed by atoms with Gasteiger partial charge in [0.1, 0.15) is 5.65 Å². The summed E-state index contributed by atoms with van der Waals surface area (Å²) in [6.45, 7) is 2.78. The Morgan fingerprint density at radius 2 is 2.00 bits per heavy atom. The van der Waals surface area contributed by atoms with Gasteiger partial charge >= 0.3 is 5.69 Å². The van der Waals surface area contributed by atoms with Crippen LogP contribution >= 0.6 is 0 Å². The largest absolute Gasteiger partial charge is 0.331 e. The predicted octanol–water partition coefficient (Wildman–Crippen LogP) is 1.12. The third-order valence-electron chi connectivity index (χ3n) is 3.34. The van der Waals surface area contributed by atoms with Crippen molar-refractivity contribution in [1.29, 1.82) is 0 Å². The topological polar surface area (TPSA) is 61.3 Å². The average molecular weight is 284 g/mol. The lowest BCUT2D eigenvalue weighted by atomic mass is 10.4. The molecule has 6 heteroatoms. The lowest BCUT2D eigenvalue weighted by Crippen LogP contribution is -2.39. The predicted molar refractivity (Wildman–Crippen MR) is 79.5 cm³/mol. The van der Waals surface area contributed by atoms with Gasteiger partial charge in [-0.1, -0.05) is 13.0 Å². The summed E-state index contributed by atoms with van der Waals surface area (Å²) in [6, 6.07) is 7.11. The molecule has 0 atom stereocenters. The summed E-state index contributed by atoms with van der Waals surface area (Å²) in [6.07, 6.45) is 6.11. The molecule has 0 aromatic carbocycles. The maximum atomic E-state index is 12.3. The van der Waals surface area contributed by atoms with Crippen LogP contribution in [0.15, 0.2) is 52.4 Å². The molecule has 0 saturated carbocycles. The van der Waals surface area contributed by atoms with Crippen molar-refractivity contribution in [3.05, 3.63) is 69.4 Å². The molecular weight excluding hydrogens is 268 g/mol. The number of rotatable bonds is 4. The third-order valence-corrected chi connectivity index (χ3v) is 3.34. The highest BCUT2D eigenvalue weighted by atomic mass is 16.2. The van der Waals surface area contributed by atoms with Crippen molar-refractivity contribution in [3.63, 3.8) is 0 Å². The standard InChI is InChI=1S/C15H16N4O2/c1-2-7-17-9-6-14(20)19(15(17)21)11-12-10-18-8-4-3-5-13(18)16-12/h3-6,8-10H,2,7,11H2,1H3. The number of pyridine rings is 1. The van der Waals surface area contributed by atoms with Gasteiger partial charge in [-0.2, -0.15) is 0 Å². The van der Waals surface area contributed by atoms with Gasteiger partial charge in [0.25, 0.3) is 5.56 Å². The van der Waals surface area contributed by atoms with Crippen molar-refractivity contribution in [2.24, 2.45) is 0 Å². The van der Waals surface area contributed by atoms with E-state index in [4.69, 9.17) is 0 Å². The Kier molecular flexibility index (Phi) is 3.43. The Morgan fingerprint density at radius 1 is 1.14 bits per heavy atom. The first-order valence-electron chi connectivity index (χ1n) is 6.92. The lowest BCUT2D eigenvalue weighted by Gasteiger charge is -2.07. The molecule has 0 saturated heterocycles. The molecule has 0 aliphatic rings. The van der Waals surface area contributed by atoms with E-state index >= 15 is 0 Å². The summed E-state index contributed by atoms with van der Waals surface area (Å²) < 4.78 is 4.64. The number of imidazole rings is 1. The van der Waals surface area contributed by atoms with Crippen LogP contribution in [-0.4, -0.2) is 18.5 Å². The van der Waals surface area contributed by atoms with Gasteiger partial charge in [0.2, 0.25) is 0 Å². The van der Waals surface area contributed by atoms with Gasteiger partial charge < -0.3 is 8.97 Å². The molecular formula is C15H16N4O2. The number of hydrogen-bond donors (Lipinski definition) is 0. The van der Waals surface area contributed by atoms with Gasteiger partial charge in [0.05, 0.1) is 12.2 Å². The monoisotopic (exact) mass is 284 g/mol. The van der Waals surface area contributed by atoms with Crippen molar-refractivity contribution in [3.8, 4) is 0 Å². The summed E-state index contributed by atoms with van der Waals surface area (Å²) in [4.78, 5) is 28.6. The summed E-state index contributed by atoms with van der Waals surface area (Å²) >= 11 is 0.